The van der Waals surface area contributed by atoms with Gasteiger partial charge in [0, 0.05) is 19.4 Å². The molecule has 1 aromatic carbocycles. The van der Waals surface area contributed by atoms with E-state index in [0.717, 1.165) is 11.1 Å². The van der Waals surface area contributed by atoms with Crippen LogP contribution in [-0.4, -0.2) is 41.8 Å². The predicted octanol–water partition coefficient (Wildman–Crippen LogP) is 2.12. The first-order valence-corrected chi connectivity index (χ1v) is 7.83. The number of Topliss-reactive ketones (excluding diaryl/α,β-unsaturated/α-hetero) is 1. The summed E-state index contributed by atoms with van der Waals surface area (Å²) in [5, 5.41) is 18.8. The van der Waals surface area contributed by atoms with Crippen LogP contribution in [0.4, 0.5) is 0 Å². The van der Waals surface area contributed by atoms with Gasteiger partial charge in [-0.05, 0) is 43.0 Å². The average Bonchev–Trinajstić information content (AvgIpc) is 2.60. The second-order valence-electron chi connectivity index (χ2n) is 5.74. The number of hydrogen-bond donors (Lipinski definition) is 2. The third-order valence-electron chi connectivity index (χ3n) is 4.23. The molecule has 6 nitrogen and oxygen atoms in total. The van der Waals surface area contributed by atoms with Crippen LogP contribution in [0.15, 0.2) is 29.8 Å². The molecule has 0 saturated carbocycles. The van der Waals surface area contributed by atoms with Crippen LogP contribution in [0, 0.1) is 5.92 Å². The number of methoxy groups -OCH3 is 1. The highest BCUT2D eigenvalue weighted by Gasteiger charge is 2.37. The van der Waals surface area contributed by atoms with Gasteiger partial charge in [0.2, 0.25) is 0 Å². The first-order valence-electron chi connectivity index (χ1n) is 7.83. The van der Waals surface area contributed by atoms with Crippen LogP contribution in [0.3, 0.4) is 0 Å². The van der Waals surface area contributed by atoms with E-state index in [0.29, 0.717) is 19.1 Å². The fraction of sp³-hybridized carbons (Fsp3) is 0.444. The van der Waals surface area contributed by atoms with Gasteiger partial charge >= 0.3 is 0 Å². The quantitative estimate of drug-likeness (QED) is 0.470. The number of carbonyl (C=O) groups excluding carboxylic acids is 2. The molecule has 24 heavy (non-hydrogen) atoms. The smallest absolute Gasteiger partial charge is 0.180 e. The molecule has 1 aliphatic heterocycles. The SMILES string of the molecule is C/C=C1/C(OC)OC(C=O)C[C@H]1C(=O)CCc1ccc(O)c(O)c1. The van der Waals surface area contributed by atoms with Gasteiger partial charge in [-0.1, -0.05) is 12.1 Å². The molecule has 0 spiro atoms. The molecule has 130 valence electrons. The van der Waals surface area contributed by atoms with Crippen LogP contribution in [0.25, 0.3) is 0 Å². The minimum absolute atomic E-state index is 0.00661. The molecule has 0 amide bonds. The number of hydrogen-bond acceptors (Lipinski definition) is 6. The van der Waals surface area contributed by atoms with Crippen molar-refractivity contribution >= 4 is 12.1 Å². The molecule has 0 aromatic heterocycles. The number of aldehydes is 1. The van der Waals surface area contributed by atoms with Gasteiger partial charge in [0.1, 0.15) is 18.2 Å². The minimum atomic E-state index is -0.689. The lowest BCUT2D eigenvalue weighted by Crippen LogP contribution is -2.40. The number of phenols is 2. The van der Waals surface area contributed by atoms with Crippen LogP contribution < -0.4 is 0 Å². The number of benzene rings is 1. The van der Waals surface area contributed by atoms with E-state index in [9.17, 15) is 19.8 Å². The number of aryl methyl sites for hydroxylation is 1. The molecule has 0 radical (unpaired) electrons. The Morgan fingerprint density at radius 1 is 1.38 bits per heavy atom. The van der Waals surface area contributed by atoms with Crippen LogP contribution >= 0.6 is 0 Å². The van der Waals surface area contributed by atoms with Crippen molar-refractivity contribution in [3.8, 4) is 11.5 Å². The van der Waals surface area contributed by atoms with Crippen molar-refractivity contribution in [1.82, 2.24) is 0 Å². The molecule has 2 rings (SSSR count). The third-order valence-corrected chi connectivity index (χ3v) is 4.23. The van der Waals surface area contributed by atoms with E-state index in [1.165, 1.54) is 19.2 Å². The van der Waals surface area contributed by atoms with E-state index >= 15 is 0 Å². The lowest BCUT2D eigenvalue weighted by molar-refractivity contribution is -0.167. The summed E-state index contributed by atoms with van der Waals surface area (Å²) in [7, 11) is 1.47. The molecule has 2 N–H and O–H groups in total. The maximum absolute atomic E-state index is 12.6. The standard InChI is InChI=1S/C18H22O6/c1-3-13-14(9-12(10-19)24-18(13)23-2)15(20)6-4-11-5-7-16(21)17(22)8-11/h3,5,7-8,10,12,14,18,21-22H,4,6,9H2,1-2H3/b13-3+/t12?,14-,18?/m1/s1. The van der Waals surface area contributed by atoms with Gasteiger partial charge < -0.3 is 24.5 Å². The number of aromatic hydroxyl groups is 2. The van der Waals surface area contributed by atoms with Crippen LogP contribution in [0.5, 0.6) is 11.5 Å². The molecule has 1 fully saturated rings. The zero-order chi connectivity index (χ0) is 17.7. The Kier molecular flexibility index (Phi) is 6.11. The van der Waals surface area contributed by atoms with Crippen molar-refractivity contribution in [2.24, 2.45) is 5.92 Å². The third kappa shape index (κ3) is 4.01. The number of ketones is 1. The topological polar surface area (TPSA) is 93.1 Å². The molecule has 6 heteroatoms. The summed E-state index contributed by atoms with van der Waals surface area (Å²) in [6.45, 7) is 1.81. The molecule has 0 aliphatic carbocycles. The Hall–Kier alpha value is -2.18. The Balaban J connectivity index is 2.08. The Morgan fingerprint density at radius 3 is 2.71 bits per heavy atom. The molecule has 3 atom stereocenters. The molecule has 1 heterocycles. The average molecular weight is 334 g/mol. The number of ether oxygens (including phenoxy) is 2. The Labute approximate surface area is 140 Å². The lowest BCUT2D eigenvalue weighted by atomic mass is 9.84. The van der Waals surface area contributed by atoms with E-state index in [2.05, 4.69) is 0 Å². The Bertz CT molecular complexity index is 636. The van der Waals surface area contributed by atoms with Gasteiger partial charge in [0.05, 0.1) is 0 Å². The second-order valence-corrected chi connectivity index (χ2v) is 5.74. The van der Waals surface area contributed by atoms with Crippen LogP contribution in [0.2, 0.25) is 0 Å². The van der Waals surface area contributed by atoms with Crippen LogP contribution in [0.1, 0.15) is 25.3 Å². The summed E-state index contributed by atoms with van der Waals surface area (Å²) in [5.74, 6) is -0.828. The van der Waals surface area contributed by atoms with E-state index in [4.69, 9.17) is 9.47 Å². The van der Waals surface area contributed by atoms with Crippen molar-refractivity contribution in [1.29, 1.82) is 0 Å². The predicted molar refractivity (Wildman–Crippen MR) is 86.7 cm³/mol. The highest BCUT2D eigenvalue weighted by Crippen LogP contribution is 2.32. The summed E-state index contributed by atoms with van der Waals surface area (Å²) in [5.41, 5.74) is 1.48. The van der Waals surface area contributed by atoms with Gasteiger partial charge in [0.15, 0.2) is 17.8 Å². The summed E-state index contributed by atoms with van der Waals surface area (Å²) in [4.78, 5) is 23.7. The maximum atomic E-state index is 12.6. The number of rotatable bonds is 6. The fourth-order valence-corrected chi connectivity index (χ4v) is 2.93. The van der Waals surface area contributed by atoms with Crippen molar-refractivity contribution in [3.05, 3.63) is 35.4 Å². The minimum Gasteiger partial charge on any atom is -0.504 e. The van der Waals surface area contributed by atoms with Crippen LogP contribution in [-0.2, 0) is 25.5 Å². The highest BCUT2D eigenvalue weighted by atomic mass is 16.7. The molecular weight excluding hydrogens is 312 g/mol. The second kappa shape index (κ2) is 8.08. The first-order chi connectivity index (χ1) is 11.5. The fourth-order valence-electron chi connectivity index (χ4n) is 2.93. The summed E-state index contributed by atoms with van der Waals surface area (Å²) < 4.78 is 10.7. The molecule has 0 bridgehead atoms. The normalized spacial score (nSPS) is 25.6. The molecular formula is C18H22O6. The van der Waals surface area contributed by atoms with Crippen molar-refractivity contribution in [2.45, 2.75) is 38.6 Å². The zero-order valence-corrected chi connectivity index (χ0v) is 13.8. The largest absolute Gasteiger partial charge is 0.504 e. The maximum Gasteiger partial charge on any atom is 0.180 e. The number of phenolic OH excluding ortho intramolecular Hbond substituents is 2. The summed E-state index contributed by atoms with van der Waals surface area (Å²) in [6, 6.07) is 4.49. The summed E-state index contributed by atoms with van der Waals surface area (Å²) >= 11 is 0. The van der Waals surface area contributed by atoms with E-state index < -0.39 is 18.3 Å². The number of carbonyl (C=O) groups is 2. The monoisotopic (exact) mass is 334 g/mol. The van der Waals surface area contributed by atoms with Gasteiger partial charge in [-0.25, -0.2) is 0 Å². The molecule has 1 aromatic rings. The van der Waals surface area contributed by atoms with Crippen molar-refractivity contribution < 1.29 is 29.3 Å². The molecule has 1 aliphatic rings. The lowest BCUT2D eigenvalue weighted by Gasteiger charge is -2.34. The van der Waals surface area contributed by atoms with Gasteiger partial charge in [-0.15, -0.1) is 0 Å². The van der Waals surface area contributed by atoms with E-state index in [1.807, 2.05) is 6.92 Å². The highest BCUT2D eigenvalue weighted by molar-refractivity contribution is 5.85. The van der Waals surface area contributed by atoms with Crippen molar-refractivity contribution in [2.75, 3.05) is 7.11 Å². The van der Waals surface area contributed by atoms with Gasteiger partial charge in [-0.2, -0.15) is 0 Å². The Morgan fingerprint density at radius 2 is 2.12 bits per heavy atom. The first kappa shape index (κ1) is 18.2. The number of allylic oxidation sites excluding steroid dienone is 1. The van der Waals surface area contributed by atoms with E-state index in [-0.39, 0.29) is 23.7 Å². The molecule has 1 saturated heterocycles. The zero-order valence-electron chi connectivity index (χ0n) is 13.8. The van der Waals surface area contributed by atoms with E-state index in [1.54, 1.807) is 12.1 Å². The van der Waals surface area contributed by atoms with Gasteiger partial charge in [0.25, 0.3) is 0 Å². The van der Waals surface area contributed by atoms with Gasteiger partial charge in [-0.3, -0.25) is 4.79 Å². The molecule has 2 unspecified atom stereocenters. The van der Waals surface area contributed by atoms with Crippen molar-refractivity contribution in [3.63, 3.8) is 0 Å². The summed E-state index contributed by atoms with van der Waals surface area (Å²) in [6.07, 6.45) is 2.14.